The SMILES string of the molecule is CN(C)CCCc1ccc2nc(-c3ccc(N)c([N+](=O)[O-])c3)[nH]c2c1. The van der Waals surface area contributed by atoms with Crippen LogP contribution >= 0.6 is 0 Å². The third-order valence-electron chi connectivity index (χ3n) is 4.12. The Morgan fingerprint density at radius 2 is 2.04 bits per heavy atom. The number of nitro groups is 1. The van der Waals surface area contributed by atoms with Gasteiger partial charge in [0.25, 0.3) is 5.69 Å². The summed E-state index contributed by atoms with van der Waals surface area (Å²) in [6, 6.07) is 10.9. The fourth-order valence-corrected chi connectivity index (χ4v) is 2.80. The van der Waals surface area contributed by atoms with E-state index in [-0.39, 0.29) is 11.4 Å². The van der Waals surface area contributed by atoms with Crippen molar-refractivity contribution in [2.45, 2.75) is 12.8 Å². The lowest BCUT2D eigenvalue weighted by Crippen LogP contribution is -2.13. The minimum absolute atomic E-state index is 0.109. The first-order valence-electron chi connectivity index (χ1n) is 8.11. The molecule has 2 aromatic carbocycles. The standard InChI is InChI=1S/C18H21N5O2/c1-22(2)9-3-4-12-5-8-15-16(10-12)21-18(20-15)13-6-7-14(19)17(11-13)23(24)25/h5-8,10-11H,3-4,9,19H2,1-2H3,(H,20,21). The van der Waals surface area contributed by atoms with Crippen molar-refractivity contribution in [2.24, 2.45) is 0 Å². The number of rotatable bonds is 6. The van der Waals surface area contributed by atoms with E-state index in [2.05, 4.69) is 41.1 Å². The molecular formula is C18H21N5O2. The average Bonchev–Trinajstić information content (AvgIpc) is 2.98. The molecule has 0 aliphatic heterocycles. The number of nitrogens with one attached hydrogen (secondary N) is 1. The number of fused-ring (bicyclic) bond motifs is 1. The van der Waals surface area contributed by atoms with Crippen molar-refractivity contribution in [3.05, 3.63) is 52.1 Å². The number of nitrogens with two attached hydrogens (primary N) is 1. The number of H-pyrrole nitrogens is 1. The summed E-state index contributed by atoms with van der Waals surface area (Å²) in [5.41, 5.74) is 9.35. The molecule has 1 aromatic heterocycles. The molecule has 0 radical (unpaired) electrons. The molecule has 3 aromatic rings. The summed E-state index contributed by atoms with van der Waals surface area (Å²) >= 11 is 0. The zero-order chi connectivity index (χ0) is 18.0. The van der Waals surface area contributed by atoms with Gasteiger partial charge in [0.15, 0.2) is 0 Å². The molecule has 7 heteroatoms. The molecule has 1 heterocycles. The molecule has 0 saturated heterocycles. The number of imidazole rings is 1. The van der Waals surface area contributed by atoms with Crippen molar-refractivity contribution in [1.29, 1.82) is 0 Å². The van der Waals surface area contributed by atoms with Crippen molar-refractivity contribution in [3.63, 3.8) is 0 Å². The van der Waals surface area contributed by atoms with E-state index in [1.54, 1.807) is 6.07 Å². The number of nitrogens with zero attached hydrogens (tertiary/aromatic N) is 3. The Morgan fingerprint density at radius 1 is 1.24 bits per heavy atom. The molecule has 0 aliphatic carbocycles. The minimum Gasteiger partial charge on any atom is -0.393 e. The molecule has 0 spiro atoms. The highest BCUT2D eigenvalue weighted by atomic mass is 16.6. The molecule has 3 N–H and O–H groups in total. The molecule has 0 bridgehead atoms. The van der Waals surface area contributed by atoms with Gasteiger partial charge >= 0.3 is 0 Å². The smallest absolute Gasteiger partial charge is 0.292 e. The minimum atomic E-state index is -0.482. The molecule has 0 fully saturated rings. The van der Waals surface area contributed by atoms with Gasteiger partial charge in [0, 0.05) is 11.6 Å². The summed E-state index contributed by atoms with van der Waals surface area (Å²) < 4.78 is 0. The van der Waals surface area contributed by atoms with Gasteiger partial charge in [-0.1, -0.05) is 6.07 Å². The van der Waals surface area contributed by atoms with Crippen LogP contribution in [0.5, 0.6) is 0 Å². The lowest BCUT2D eigenvalue weighted by Gasteiger charge is -2.08. The summed E-state index contributed by atoms with van der Waals surface area (Å²) in [5.74, 6) is 0.601. The number of aromatic nitrogens is 2. The molecule has 130 valence electrons. The highest BCUT2D eigenvalue weighted by molar-refractivity contribution is 5.81. The number of aromatic amines is 1. The van der Waals surface area contributed by atoms with Gasteiger partial charge < -0.3 is 15.6 Å². The van der Waals surface area contributed by atoms with Gasteiger partial charge in [-0.3, -0.25) is 10.1 Å². The van der Waals surface area contributed by atoms with E-state index in [9.17, 15) is 10.1 Å². The van der Waals surface area contributed by atoms with Crippen LogP contribution in [0.3, 0.4) is 0 Å². The van der Waals surface area contributed by atoms with Crippen molar-refractivity contribution in [1.82, 2.24) is 14.9 Å². The number of nitro benzene ring substituents is 1. The topological polar surface area (TPSA) is 101 Å². The van der Waals surface area contributed by atoms with Gasteiger partial charge in [0.1, 0.15) is 11.5 Å². The number of nitrogen functional groups attached to an aromatic ring is 1. The van der Waals surface area contributed by atoms with Gasteiger partial charge in [-0.25, -0.2) is 4.98 Å². The Kier molecular flexibility index (Phi) is 4.67. The second kappa shape index (κ2) is 6.90. The number of benzene rings is 2. The van der Waals surface area contributed by atoms with Crippen molar-refractivity contribution < 1.29 is 4.92 Å². The molecule has 3 rings (SSSR count). The van der Waals surface area contributed by atoms with Crippen LogP contribution in [-0.2, 0) is 6.42 Å². The Balaban J connectivity index is 1.88. The quantitative estimate of drug-likeness (QED) is 0.408. The van der Waals surface area contributed by atoms with E-state index >= 15 is 0 Å². The first kappa shape index (κ1) is 16.9. The van der Waals surface area contributed by atoms with E-state index in [1.165, 1.54) is 17.7 Å². The Bertz CT molecular complexity index is 917. The van der Waals surface area contributed by atoms with Crippen molar-refractivity contribution in [3.8, 4) is 11.4 Å². The maximum atomic E-state index is 11.1. The first-order valence-corrected chi connectivity index (χ1v) is 8.11. The van der Waals surface area contributed by atoms with Crippen molar-refractivity contribution in [2.75, 3.05) is 26.4 Å². The zero-order valence-electron chi connectivity index (χ0n) is 14.3. The van der Waals surface area contributed by atoms with E-state index in [0.717, 1.165) is 30.4 Å². The maximum Gasteiger partial charge on any atom is 0.292 e. The summed E-state index contributed by atoms with van der Waals surface area (Å²) in [7, 11) is 4.13. The number of hydrogen-bond donors (Lipinski definition) is 2. The maximum absolute atomic E-state index is 11.1. The Hall–Kier alpha value is -2.93. The van der Waals surface area contributed by atoms with E-state index in [1.807, 2.05) is 6.07 Å². The molecule has 0 saturated carbocycles. The molecule has 0 amide bonds. The largest absolute Gasteiger partial charge is 0.393 e. The van der Waals surface area contributed by atoms with Crippen LogP contribution in [0, 0.1) is 10.1 Å². The summed E-state index contributed by atoms with van der Waals surface area (Å²) in [6.45, 7) is 1.04. The zero-order valence-corrected chi connectivity index (χ0v) is 14.3. The summed E-state index contributed by atoms with van der Waals surface area (Å²) in [6.07, 6.45) is 2.08. The highest BCUT2D eigenvalue weighted by Crippen LogP contribution is 2.28. The molecule has 0 atom stereocenters. The van der Waals surface area contributed by atoms with Gasteiger partial charge in [-0.15, -0.1) is 0 Å². The lowest BCUT2D eigenvalue weighted by molar-refractivity contribution is -0.383. The molecular weight excluding hydrogens is 318 g/mol. The molecule has 25 heavy (non-hydrogen) atoms. The normalized spacial score (nSPS) is 11.3. The second-order valence-electron chi connectivity index (χ2n) is 6.37. The number of hydrogen-bond acceptors (Lipinski definition) is 5. The van der Waals surface area contributed by atoms with Gasteiger partial charge in [0.2, 0.25) is 0 Å². The van der Waals surface area contributed by atoms with Crippen LogP contribution in [0.4, 0.5) is 11.4 Å². The molecule has 0 unspecified atom stereocenters. The van der Waals surface area contributed by atoms with E-state index < -0.39 is 4.92 Å². The monoisotopic (exact) mass is 339 g/mol. The summed E-state index contributed by atoms with van der Waals surface area (Å²) in [4.78, 5) is 20.5. The van der Waals surface area contributed by atoms with Crippen molar-refractivity contribution >= 4 is 22.4 Å². The van der Waals surface area contributed by atoms with Crippen LogP contribution in [0.25, 0.3) is 22.4 Å². The van der Waals surface area contributed by atoms with Gasteiger partial charge in [-0.05, 0) is 63.3 Å². The third kappa shape index (κ3) is 3.77. The predicted molar refractivity (Wildman–Crippen MR) is 99.5 cm³/mol. The fraction of sp³-hybridized carbons (Fsp3) is 0.278. The third-order valence-corrected chi connectivity index (χ3v) is 4.12. The van der Waals surface area contributed by atoms with Crippen LogP contribution in [0.15, 0.2) is 36.4 Å². The molecule has 0 aliphatic rings. The molecule has 7 nitrogen and oxygen atoms in total. The highest BCUT2D eigenvalue weighted by Gasteiger charge is 2.14. The van der Waals surface area contributed by atoms with Crippen LogP contribution < -0.4 is 5.73 Å². The predicted octanol–water partition coefficient (Wildman–Crippen LogP) is 3.21. The van der Waals surface area contributed by atoms with Crippen LogP contribution in [0.2, 0.25) is 0 Å². The fourth-order valence-electron chi connectivity index (χ4n) is 2.80. The second-order valence-corrected chi connectivity index (χ2v) is 6.37. The van der Waals surface area contributed by atoms with Gasteiger partial charge in [0.05, 0.1) is 16.0 Å². The van der Waals surface area contributed by atoms with Crippen LogP contribution in [0.1, 0.15) is 12.0 Å². The summed E-state index contributed by atoms with van der Waals surface area (Å²) in [5, 5.41) is 11.1. The Morgan fingerprint density at radius 3 is 2.76 bits per heavy atom. The van der Waals surface area contributed by atoms with Gasteiger partial charge in [-0.2, -0.15) is 0 Å². The van der Waals surface area contributed by atoms with E-state index in [4.69, 9.17) is 5.73 Å². The first-order chi connectivity index (χ1) is 11.9. The number of aryl methyl sites for hydroxylation is 1. The average molecular weight is 339 g/mol. The van der Waals surface area contributed by atoms with Crippen LogP contribution in [-0.4, -0.2) is 40.4 Å². The lowest BCUT2D eigenvalue weighted by atomic mass is 10.1. The van der Waals surface area contributed by atoms with E-state index in [0.29, 0.717) is 11.4 Å². The number of anilines is 1. The Labute approximate surface area is 145 Å².